The molecule has 78 valence electrons. The minimum atomic E-state index is -4.72. The Balaban J connectivity index is 3.09. The molecule has 0 N–H and O–H groups in total. The van der Waals surface area contributed by atoms with Crippen molar-refractivity contribution in [2.45, 2.75) is 17.9 Å². The van der Waals surface area contributed by atoms with Crippen LogP contribution in [0.25, 0.3) is 0 Å². The van der Waals surface area contributed by atoms with Crippen LogP contribution in [-0.2, 0) is 9.84 Å². The molecule has 0 spiro atoms. The average molecular weight is 224 g/mol. The second kappa shape index (κ2) is 2.79. The van der Waals surface area contributed by atoms with Crippen LogP contribution in [0.15, 0.2) is 0 Å². The molecular formula is C5H5F5O2S. The van der Waals surface area contributed by atoms with Crippen LogP contribution >= 0.6 is 0 Å². The maximum Gasteiger partial charge on any atom is 0.274 e. The molecule has 1 aliphatic heterocycles. The second-order valence-electron chi connectivity index (χ2n) is 2.78. The number of hydrogen-bond donors (Lipinski definition) is 0. The first-order valence-electron chi connectivity index (χ1n) is 3.20. The summed E-state index contributed by atoms with van der Waals surface area (Å²) >= 11 is 0. The van der Waals surface area contributed by atoms with E-state index in [9.17, 15) is 30.4 Å². The van der Waals surface area contributed by atoms with Gasteiger partial charge in [0.05, 0.1) is 0 Å². The number of rotatable bonds is 1. The summed E-state index contributed by atoms with van der Waals surface area (Å²) in [6.45, 7) is 0. The number of hydrogen-bond acceptors (Lipinski definition) is 2. The predicted molar refractivity (Wildman–Crippen MR) is 33.1 cm³/mol. The molecule has 13 heavy (non-hydrogen) atoms. The Morgan fingerprint density at radius 3 is 1.92 bits per heavy atom. The van der Waals surface area contributed by atoms with Crippen molar-refractivity contribution < 1.29 is 30.4 Å². The molecule has 0 radical (unpaired) electrons. The molecule has 0 aromatic carbocycles. The van der Waals surface area contributed by atoms with E-state index in [1.165, 1.54) is 0 Å². The van der Waals surface area contributed by atoms with Crippen LogP contribution in [0, 0.1) is 5.92 Å². The minimum absolute atomic E-state index is 1.84. The summed E-state index contributed by atoms with van der Waals surface area (Å²) in [5.41, 5.74) is -3.16. The van der Waals surface area contributed by atoms with Crippen molar-refractivity contribution in [1.29, 1.82) is 0 Å². The molecule has 2 unspecified atom stereocenters. The maximum absolute atomic E-state index is 12.6. The normalized spacial score (nSPS) is 36.8. The third-order valence-corrected chi connectivity index (χ3v) is 3.54. The molecule has 0 amide bonds. The van der Waals surface area contributed by atoms with E-state index in [1.54, 1.807) is 0 Å². The molecule has 0 aliphatic carbocycles. The molecule has 1 fully saturated rings. The van der Waals surface area contributed by atoms with E-state index in [2.05, 4.69) is 0 Å². The molecule has 8 heteroatoms. The van der Waals surface area contributed by atoms with Crippen LogP contribution in [0.3, 0.4) is 0 Å². The van der Waals surface area contributed by atoms with Gasteiger partial charge in [-0.1, -0.05) is 0 Å². The molecule has 1 heterocycles. The fourth-order valence-electron chi connectivity index (χ4n) is 1.16. The molecule has 0 saturated carbocycles. The third kappa shape index (κ3) is 1.63. The van der Waals surface area contributed by atoms with Crippen LogP contribution < -0.4 is 0 Å². The summed E-state index contributed by atoms with van der Waals surface area (Å²) in [4.78, 5) is 0. The summed E-state index contributed by atoms with van der Waals surface area (Å²) < 4.78 is 82.3. The van der Waals surface area contributed by atoms with Gasteiger partial charge in [-0.15, -0.1) is 0 Å². The first kappa shape index (κ1) is 10.7. The van der Waals surface area contributed by atoms with Gasteiger partial charge in [-0.3, -0.25) is 0 Å². The maximum atomic E-state index is 12.6. The van der Waals surface area contributed by atoms with Crippen LogP contribution in [-0.4, -0.2) is 32.0 Å². The first-order chi connectivity index (χ1) is 5.68. The number of alkyl halides is 5. The highest BCUT2D eigenvalue weighted by Crippen LogP contribution is 2.43. The zero-order chi connectivity index (χ0) is 10.4. The molecule has 1 aliphatic rings. The summed E-state index contributed by atoms with van der Waals surface area (Å²) in [7, 11) is -4.72. The third-order valence-electron chi connectivity index (χ3n) is 1.78. The molecule has 2 nitrogen and oxygen atoms in total. The van der Waals surface area contributed by atoms with Gasteiger partial charge in [0.1, 0.15) is 11.7 Å². The van der Waals surface area contributed by atoms with Crippen molar-refractivity contribution in [1.82, 2.24) is 0 Å². The Morgan fingerprint density at radius 1 is 1.31 bits per heavy atom. The Labute approximate surface area is 70.6 Å². The standard InChI is InChI=1S/C5H5F5O2S/c6-3(7)2-4(8)13(11,12)1-5(2,9)10/h2-4H,1H2. The van der Waals surface area contributed by atoms with Crippen LogP contribution in [0.1, 0.15) is 0 Å². The average Bonchev–Trinajstić information content (AvgIpc) is 1.96. The van der Waals surface area contributed by atoms with E-state index >= 15 is 0 Å². The van der Waals surface area contributed by atoms with Gasteiger partial charge in [-0.25, -0.2) is 30.4 Å². The summed E-state index contributed by atoms with van der Waals surface area (Å²) in [5, 5.41) is 0. The second-order valence-corrected chi connectivity index (χ2v) is 4.84. The lowest BCUT2D eigenvalue weighted by Gasteiger charge is -2.16. The SMILES string of the molecule is O=S1(=O)CC(F)(F)C(C(F)F)C1F. The monoisotopic (exact) mass is 224 g/mol. The molecule has 0 aromatic rings. The van der Waals surface area contributed by atoms with Gasteiger partial charge < -0.3 is 0 Å². The van der Waals surface area contributed by atoms with Crippen molar-refractivity contribution in [2.24, 2.45) is 5.92 Å². The fraction of sp³-hybridized carbons (Fsp3) is 1.00. The highest BCUT2D eigenvalue weighted by atomic mass is 32.2. The van der Waals surface area contributed by atoms with Crippen molar-refractivity contribution in [3.8, 4) is 0 Å². The van der Waals surface area contributed by atoms with Gasteiger partial charge in [0.2, 0.25) is 5.50 Å². The van der Waals surface area contributed by atoms with Gasteiger partial charge >= 0.3 is 0 Å². The summed E-state index contributed by atoms with van der Waals surface area (Å²) in [6, 6.07) is 0. The van der Waals surface area contributed by atoms with E-state index in [0.717, 1.165) is 0 Å². The van der Waals surface area contributed by atoms with Crippen LogP contribution in [0.5, 0.6) is 0 Å². The Kier molecular flexibility index (Phi) is 2.29. The highest BCUT2D eigenvalue weighted by molar-refractivity contribution is 7.92. The van der Waals surface area contributed by atoms with Gasteiger partial charge in [0.15, 0.2) is 9.84 Å². The lowest BCUT2D eigenvalue weighted by molar-refractivity contribution is -0.102. The predicted octanol–water partition coefficient (Wildman–Crippen LogP) is 1.23. The van der Waals surface area contributed by atoms with E-state index in [1.807, 2.05) is 0 Å². The van der Waals surface area contributed by atoms with E-state index in [-0.39, 0.29) is 0 Å². The van der Waals surface area contributed by atoms with Crippen molar-refractivity contribution in [2.75, 3.05) is 5.75 Å². The molecule has 0 aromatic heterocycles. The quantitative estimate of drug-likeness (QED) is 0.628. The lowest BCUT2D eigenvalue weighted by Crippen LogP contribution is -2.34. The number of halogens is 5. The van der Waals surface area contributed by atoms with E-state index < -0.39 is 39.4 Å². The molecule has 1 saturated heterocycles. The zero-order valence-electron chi connectivity index (χ0n) is 6.05. The van der Waals surface area contributed by atoms with Gasteiger partial charge in [-0.2, -0.15) is 0 Å². The summed E-state index contributed by atoms with van der Waals surface area (Å²) in [5.74, 6) is -9.04. The van der Waals surface area contributed by atoms with Crippen LogP contribution in [0.4, 0.5) is 22.0 Å². The van der Waals surface area contributed by atoms with Gasteiger partial charge in [-0.05, 0) is 0 Å². The Morgan fingerprint density at radius 2 is 1.77 bits per heavy atom. The van der Waals surface area contributed by atoms with E-state index in [0.29, 0.717) is 0 Å². The van der Waals surface area contributed by atoms with Crippen molar-refractivity contribution >= 4 is 9.84 Å². The molecule has 2 atom stereocenters. The lowest BCUT2D eigenvalue weighted by atomic mass is 10.1. The van der Waals surface area contributed by atoms with Gasteiger partial charge in [0.25, 0.3) is 12.3 Å². The molecular weight excluding hydrogens is 219 g/mol. The van der Waals surface area contributed by atoms with E-state index in [4.69, 9.17) is 0 Å². The van der Waals surface area contributed by atoms with Gasteiger partial charge in [0, 0.05) is 0 Å². The van der Waals surface area contributed by atoms with Crippen molar-refractivity contribution in [3.05, 3.63) is 0 Å². The number of sulfone groups is 1. The fourth-order valence-corrected chi connectivity index (χ4v) is 2.81. The van der Waals surface area contributed by atoms with Crippen LogP contribution in [0.2, 0.25) is 0 Å². The largest absolute Gasteiger partial charge is 0.274 e. The summed E-state index contributed by atoms with van der Waals surface area (Å²) in [6.07, 6.45) is -3.68. The zero-order valence-corrected chi connectivity index (χ0v) is 6.87. The molecule has 1 rings (SSSR count). The highest BCUT2D eigenvalue weighted by Gasteiger charge is 2.63. The van der Waals surface area contributed by atoms with Crippen molar-refractivity contribution in [3.63, 3.8) is 0 Å². The topological polar surface area (TPSA) is 34.1 Å². The minimum Gasteiger partial charge on any atom is -0.229 e. The first-order valence-corrected chi connectivity index (χ1v) is 4.91. The molecule has 0 bridgehead atoms. The smallest absolute Gasteiger partial charge is 0.229 e. The Bertz CT molecular complexity index is 298. The Hall–Kier alpha value is -0.400.